The third-order valence-corrected chi connectivity index (χ3v) is 9.53. The average molecular weight is 725 g/mol. The van der Waals surface area contributed by atoms with Gasteiger partial charge in [0, 0.05) is 23.1 Å². The van der Waals surface area contributed by atoms with Gasteiger partial charge in [0.1, 0.15) is 19.4 Å². The Bertz CT molecular complexity index is 2040. The Morgan fingerprint density at radius 2 is 1.34 bits per heavy atom. The van der Waals surface area contributed by atoms with Crippen LogP contribution in [0.2, 0.25) is 0 Å². The van der Waals surface area contributed by atoms with Crippen LogP contribution in [-0.2, 0) is 44.4 Å². The van der Waals surface area contributed by atoms with E-state index in [0.717, 1.165) is 11.1 Å². The molecule has 7 rings (SSSR count). The van der Waals surface area contributed by atoms with Crippen molar-refractivity contribution in [1.82, 2.24) is 9.80 Å². The fraction of sp³-hybridized carbons (Fsp3) is 0.244. The molecule has 0 radical (unpaired) electrons. The minimum Gasteiger partial charge on any atom is -0.490 e. The molecule has 1 spiro atoms. The van der Waals surface area contributed by atoms with Crippen LogP contribution >= 0.6 is 0 Å². The highest BCUT2D eigenvalue weighted by Crippen LogP contribution is 2.56. The van der Waals surface area contributed by atoms with Gasteiger partial charge in [-0.05, 0) is 41.3 Å². The highest BCUT2D eigenvalue weighted by atomic mass is 19.4. The van der Waals surface area contributed by atoms with Crippen molar-refractivity contribution in [2.75, 3.05) is 13.7 Å². The number of ketones is 1. The first kappa shape index (κ1) is 35.5. The van der Waals surface area contributed by atoms with Crippen molar-refractivity contribution in [3.05, 3.63) is 149 Å². The Balaban J connectivity index is 1.45. The molecule has 1 aliphatic carbocycles. The minimum atomic E-state index is -5.36. The van der Waals surface area contributed by atoms with Gasteiger partial charge in [-0.25, -0.2) is 0 Å². The molecule has 0 saturated carbocycles. The second-order valence-electron chi connectivity index (χ2n) is 12.9. The highest BCUT2D eigenvalue weighted by Gasteiger charge is 2.59. The third kappa shape index (κ3) is 7.02. The lowest BCUT2D eigenvalue weighted by Crippen LogP contribution is -2.47. The van der Waals surface area contributed by atoms with Gasteiger partial charge in [0.05, 0.1) is 13.7 Å². The van der Waals surface area contributed by atoms with E-state index in [2.05, 4.69) is 0 Å². The summed E-state index contributed by atoms with van der Waals surface area (Å²) >= 11 is 0. The van der Waals surface area contributed by atoms with E-state index < -0.39 is 35.8 Å². The number of hydrogen-bond donors (Lipinski definition) is 0. The molecule has 1 saturated heterocycles. The van der Waals surface area contributed by atoms with E-state index in [-0.39, 0.29) is 61.4 Å². The van der Waals surface area contributed by atoms with Crippen LogP contribution in [-0.4, -0.2) is 53.5 Å². The van der Waals surface area contributed by atoms with Gasteiger partial charge < -0.3 is 23.8 Å². The number of ether oxygens (including phenoxy) is 4. The van der Waals surface area contributed by atoms with Gasteiger partial charge in [0.2, 0.25) is 12.0 Å². The van der Waals surface area contributed by atoms with Gasteiger partial charge in [0.25, 0.3) is 5.91 Å². The standard InChI is InChI=1S/C41H35F3N2O7/c1-50-34-32(51-24-27-11-5-2-6-12-27)23-31-33(35(34)52-25-28-13-7-3-8-14-28)40(19-17-30(47)18-20-40)21-22-45-36(31)46(39(49)41(42,43)44)38(37(45)48)53-26-29-15-9-4-10-16-29/h2-20,23,36,38H,21-22,24-26H2,1H3/t36-,38-/m1/s1. The Morgan fingerprint density at radius 3 is 1.89 bits per heavy atom. The average Bonchev–Trinajstić information content (AvgIpc) is 3.37. The first-order valence-electron chi connectivity index (χ1n) is 17.0. The van der Waals surface area contributed by atoms with E-state index >= 15 is 0 Å². The van der Waals surface area contributed by atoms with Gasteiger partial charge in [-0.3, -0.25) is 19.3 Å². The normalized spacial score (nSPS) is 18.8. The largest absolute Gasteiger partial charge is 0.490 e. The van der Waals surface area contributed by atoms with Crippen LogP contribution in [0, 0.1) is 0 Å². The molecule has 2 atom stereocenters. The van der Waals surface area contributed by atoms with Crippen molar-refractivity contribution in [3.63, 3.8) is 0 Å². The minimum absolute atomic E-state index is 0.0234. The van der Waals surface area contributed by atoms with Crippen LogP contribution in [0.5, 0.6) is 17.2 Å². The smallest absolute Gasteiger partial charge is 0.471 e. The van der Waals surface area contributed by atoms with E-state index in [0.29, 0.717) is 16.0 Å². The number of rotatable bonds is 10. The van der Waals surface area contributed by atoms with E-state index in [1.54, 1.807) is 42.5 Å². The van der Waals surface area contributed by atoms with E-state index in [1.165, 1.54) is 30.2 Å². The van der Waals surface area contributed by atoms with Crippen LogP contribution in [0.25, 0.3) is 0 Å². The summed E-state index contributed by atoms with van der Waals surface area (Å²) in [5.74, 6) is -2.98. The van der Waals surface area contributed by atoms with Gasteiger partial charge in [0.15, 0.2) is 17.3 Å². The maximum Gasteiger partial charge on any atom is 0.471 e. The first-order valence-corrected chi connectivity index (χ1v) is 17.0. The van der Waals surface area contributed by atoms with E-state index in [9.17, 15) is 27.6 Å². The number of benzene rings is 4. The number of fused-ring (bicyclic) bond motifs is 4. The van der Waals surface area contributed by atoms with Crippen molar-refractivity contribution in [3.8, 4) is 17.2 Å². The van der Waals surface area contributed by atoms with Crippen LogP contribution < -0.4 is 14.2 Å². The van der Waals surface area contributed by atoms with Crippen molar-refractivity contribution in [1.29, 1.82) is 0 Å². The third-order valence-electron chi connectivity index (χ3n) is 9.53. The fourth-order valence-electron chi connectivity index (χ4n) is 7.03. The number of carbonyl (C=O) groups is 3. The summed E-state index contributed by atoms with van der Waals surface area (Å²) in [4.78, 5) is 42.0. The van der Waals surface area contributed by atoms with Gasteiger partial charge in [-0.2, -0.15) is 13.2 Å². The zero-order valence-corrected chi connectivity index (χ0v) is 28.6. The Hall–Kier alpha value is -5.88. The highest BCUT2D eigenvalue weighted by molar-refractivity contribution is 6.01. The second-order valence-corrected chi connectivity index (χ2v) is 12.9. The maximum atomic E-state index is 14.6. The molecule has 2 aliphatic heterocycles. The second kappa shape index (κ2) is 14.6. The lowest BCUT2D eigenvalue weighted by Gasteiger charge is -2.35. The molecule has 12 heteroatoms. The Morgan fingerprint density at radius 1 is 0.792 bits per heavy atom. The first-order chi connectivity index (χ1) is 25.6. The van der Waals surface area contributed by atoms with Gasteiger partial charge in [-0.1, -0.05) is 103 Å². The molecule has 0 unspecified atom stereocenters. The number of carbonyl (C=O) groups excluding carboxylic acids is 3. The summed E-state index contributed by atoms with van der Waals surface area (Å²) in [7, 11) is 1.42. The molecule has 272 valence electrons. The van der Waals surface area contributed by atoms with Crippen LogP contribution in [0.1, 0.15) is 40.4 Å². The number of alkyl halides is 3. The zero-order chi connectivity index (χ0) is 37.2. The molecule has 2 amide bonds. The van der Waals surface area contributed by atoms with E-state index in [1.807, 2.05) is 60.7 Å². The van der Waals surface area contributed by atoms with E-state index in [4.69, 9.17) is 18.9 Å². The number of hydrogen-bond acceptors (Lipinski definition) is 7. The summed E-state index contributed by atoms with van der Waals surface area (Å²) in [6.07, 6.45) is -2.69. The van der Waals surface area contributed by atoms with Crippen molar-refractivity contribution >= 4 is 17.6 Å². The molecule has 3 aliphatic rings. The zero-order valence-electron chi connectivity index (χ0n) is 28.6. The number of amides is 2. The Kier molecular flexibility index (Phi) is 9.80. The van der Waals surface area contributed by atoms with Crippen molar-refractivity contribution in [2.45, 2.75) is 50.2 Å². The van der Waals surface area contributed by atoms with Crippen molar-refractivity contribution in [2.24, 2.45) is 0 Å². The van der Waals surface area contributed by atoms with Crippen molar-refractivity contribution < 1.29 is 46.5 Å². The number of methoxy groups -OCH3 is 1. The quantitative estimate of drug-likeness (QED) is 0.175. The van der Waals surface area contributed by atoms with Crippen LogP contribution in [0.4, 0.5) is 13.2 Å². The Labute approximate surface area is 303 Å². The summed E-state index contributed by atoms with van der Waals surface area (Å²) in [5, 5.41) is 0. The summed E-state index contributed by atoms with van der Waals surface area (Å²) in [6.45, 7) is -0.262. The molecule has 2 heterocycles. The number of nitrogens with zero attached hydrogens (tertiary/aromatic N) is 2. The summed E-state index contributed by atoms with van der Waals surface area (Å²) < 4.78 is 68.5. The van der Waals surface area contributed by atoms with Gasteiger partial charge in [-0.15, -0.1) is 0 Å². The topological polar surface area (TPSA) is 94.6 Å². The summed E-state index contributed by atoms with van der Waals surface area (Å²) in [6, 6.07) is 28.6. The number of allylic oxidation sites excluding steroid dienone is 4. The van der Waals surface area contributed by atoms with Crippen LogP contribution in [0.15, 0.2) is 121 Å². The fourth-order valence-corrected chi connectivity index (χ4v) is 7.03. The molecule has 53 heavy (non-hydrogen) atoms. The predicted molar refractivity (Wildman–Crippen MR) is 186 cm³/mol. The lowest BCUT2D eigenvalue weighted by atomic mass is 9.72. The van der Waals surface area contributed by atoms with Crippen LogP contribution in [0.3, 0.4) is 0 Å². The molecule has 4 aromatic rings. The molecule has 4 aromatic carbocycles. The summed E-state index contributed by atoms with van der Waals surface area (Å²) in [5.41, 5.74) is 1.45. The monoisotopic (exact) mass is 724 g/mol. The number of halogens is 3. The maximum absolute atomic E-state index is 14.6. The lowest BCUT2D eigenvalue weighted by molar-refractivity contribution is -0.199. The molecular weight excluding hydrogens is 689 g/mol. The molecule has 0 aromatic heterocycles. The molecule has 0 bridgehead atoms. The molecule has 9 nitrogen and oxygen atoms in total. The molecule has 0 N–H and O–H groups in total. The molecule has 1 fully saturated rings. The van der Waals surface area contributed by atoms with Gasteiger partial charge >= 0.3 is 12.1 Å². The SMILES string of the molecule is COc1c(OCc2ccccc2)cc2c(c1OCc1ccccc1)C1(C=CC(=O)C=C1)CCN1C(=O)[C@@H](OCc3ccccc3)N(C(=O)C(F)(F)F)[C@H]21. The predicted octanol–water partition coefficient (Wildman–Crippen LogP) is 6.96. The molecular formula is C41H35F3N2O7.